The zero-order chi connectivity index (χ0) is 17.8. The van der Waals surface area contributed by atoms with Crippen LogP contribution >= 0.6 is 0 Å². The summed E-state index contributed by atoms with van der Waals surface area (Å²) in [5.74, 6) is -1.39. The van der Waals surface area contributed by atoms with Gasteiger partial charge in [-0.3, -0.25) is 9.59 Å². The molecule has 1 rings (SSSR count). The molecule has 0 heterocycles. The first kappa shape index (κ1) is 19.2. The molecule has 0 unspecified atom stereocenters. The van der Waals surface area contributed by atoms with E-state index in [-0.39, 0.29) is 12.5 Å². The zero-order valence-electron chi connectivity index (χ0n) is 13.6. The summed E-state index contributed by atoms with van der Waals surface area (Å²) >= 11 is 0. The Labute approximate surface area is 141 Å². The number of unbranched alkanes of at least 4 members (excludes halogenated alkanes) is 2. The molecule has 0 aliphatic rings. The number of nitrogens with zero attached hydrogens (tertiary/aromatic N) is 1. The van der Waals surface area contributed by atoms with Gasteiger partial charge in [0.1, 0.15) is 6.04 Å². The van der Waals surface area contributed by atoms with E-state index in [0.717, 1.165) is 0 Å². The normalized spacial score (nSPS) is 11.0. The Morgan fingerprint density at radius 1 is 1.21 bits per heavy atom. The fraction of sp³-hybridized carbons (Fsp3) is 0.412. The van der Waals surface area contributed by atoms with Crippen molar-refractivity contribution in [2.24, 2.45) is 0 Å². The average Bonchev–Trinajstić information content (AvgIpc) is 2.62. The number of hydrogen-bond acceptors (Lipinski definition) is 5. The molecule has 2 amide bonds. The number of amides is 2. The van der Waals surface area contributed by atoms with Crippen LogP contribution in [0.5, 0.6) is 0 Å². The molecule has 1 aromatic carbocycles. The molecule has 0 fully saturated rings. The van der Waals surface area contributed by atoms with E-state index in [1.165, 1.54) is 7.11 Å². The van der Waals surface area contributed by atoms with E-state index >= 15 is 0 Å². The number of nitriles is 1. The first-order valence-electron chi connectivity index (χ1n) is 7.66. The van der Waals surface area contributed by atoms with Gasteiger partial charge in [0.15, 0.2) is 0 Å². The Balaban J connectivity index is 2.45. The van der Waals surface area contributed by atoms with Crippen LogP contribution in [0.4, 0.5) is 0 Å². The molecule has 0 bridgehead atoms. The van der Waals surface area contributed by atoms with Crippen LogP contribution in [0.15, 0.2) is 30.3 Å². The molecule has 7 nitrogen and oxygen atoms in total. The standard InChI is InChI=1S/C17H21N3O4/c1-24-17(23)14(10-6-3-7-11-18)20-15(21)12-19-16(22)13-8-4-2-5-9-13/h2,4-5,8-9,14H,3,6-7,10,12H2,1H3,(H,19,22)(H,20,21)/t14-/m0/s1. The summed E-state index contributed by atoms with van der Waals surface area (Å²) in [6.07, 6.45) is 2.04. The summed E-state index contributed by atoms with van der Waals surface area (Å²) in [6, 6.07) is 9.76. The van der Waals surface area contributed by atoms with E-state index in [0.29, 0.717) is 31.2 Å². The molecule has 0 radical (unpaired) electrons. The molecule has 0 aromatic heterocycles. The highest BCUT2D eigenvalue weighted by Gasteiger charge is 2.21. The van der Waals surface area contributed by atoms with Gasteiger partial charge in [-0.05, 0) is 31.4 Å². The number of nitrogens with one attached hydrogen (secondary N) is 2. The van der Waals surface area contributed by atoms with Crippen LogP contribution in [0.2, 0.25) is 0 Å². The minimum Gasteiger partial charge on any atom is -0.467 e. The van der Waals surface area contributed by atoms with Crippen molar-refractivity contribution in [2.45, 2.75) is 31.7 Å². The molecule has 0 saturated carbocycles. The van der Waals surface area contributed by atoms with E-state index in [2.05, 4.69) is 15.4 Å². The molecule has 1 aromatic rings. The van der Waals surface area contributed by atoms with Crippen molar-refractivity contribution in [3.8, 4) is 6.07 Å². The summed E-state index contributed by atoms with van der Waals surface area (Å²) in [5.41, 5.74) is 0.450. The number of hydrogen-bond donors (Lipinski definition) is 2. The molecular weight excluding hydrogens is 310 g/mol. The smallest absolute Gasteiger partial charge is 0.328 e. The molecule has 1 atom stereocenters. The lowest BCUT2D eigenvalue weighted by atomic mass is 10.1. The fourth-order valence-corrected chi connectivity index (χ4v) is 2.04. The number of ether oxygens (including phenoxy) is 1. The van der Waals surface area contributed by atoms with Crippen molar-refractivity contribution < 1.29 is 19.1 Å². The molecular formula is C17H21N3O4. The number of methoxy groups -OCH3 is 1. The third kappa shape index (κ3) is 6.92. The number of carbonyl (C=O) groups excluding carboxylic acids is 3. The van der Waals surface area contributed by atoms with E-state index in [9.17, 15) is 14.4 Å². The molecule has 0 aliphatic heterocycles. The van der Waals surface area contributed by atoms with Crippen molar-refractivity contribution >= 4 is 17.8 Å². The minimum atomic E-state index is -0.783. The molecule has 0 saturated heterocycles. The highest BCUT2D eigenvalue weighted by molar-refractivity contribution is 5.96. The van der Waals surface area contributed by atoms with Crippen LogP contribution in [-0.2, 0) is 14.3 Å². The molecule has 0 spiro atoms. The maximum absolute atomic E-state index is 11.9. The van der Waals surface area contributed by atoms with E-state index < -0.39 is 17.9 Å². The maximum Gasteiger partial charge on any atom is 0.328 e. The quantitative estimate of drug-likeness (QED) is 0.521. The summed E-state index contributed by atoms with van der Waals surface area (Å²) in [5, 5.41) is 13.5. The maximum atomic E-state index is 11.9. The van der Waals surface area contributed by atoms with Crippen LogP contribution in [0.1, 0.15) is 36.0 Å². The highest BCUT2D eigenvalue weighted by atomic mass is 16.5. The summed E-state index contributed by atoms with van der Waals surface area (Å²) < 4.78 is 4.66. The topological polar surface area (TPSA) is 108 Å². The Hall–Kier alpha value is -2.88. The van der Waals surface area contributed by atoms with Crippen molar-refractivity contribution in [2.75, 3.05) is 13.7 Å². The van der Waals surface area contributed by atoms with Crippen LogP contribution in [0.25, 0.3) is 0 Å². The summed E-state index contributed by atoms with van der Waals surface area (Å²) in [4.78, 5) is 35.4. The summed E-state index contributed by atoms with van der Waals surface area (Å²) in [7, 11) is 1.24. The number of carbonyl (C=O) groups is 3. The Morgan fingerprint density at radius 2 is 1.92 bits per heavy atom. The van der Waals surface area contributed by atoms with Gasteiger partial charge in [-0.15, -0.1) is 0 Å². The minimum absolute atomic E-state index is 0.237. The van der Waals surface area contributed by atoms with Crippen molar-refractivity contribution in [1.82, 2.24) is 10.6 Å². The van der Waals surface area contributed by atoms with Gasteiger partial charge < -0.3 is 15.4 Å². The first-order chi connectivity index (χ1) is 11.6. The Morgan fingerprint density at radius 3 is 2.54 bits per heavy atom. The lowest BCUT2D eigenvalue weighted by Crippen LogP contribution is -2.46. The predicted octanol–water partition coefficient (Wildman–Crippen LogP) is 1.16. The number of benzene rings is 1. The van der Waals surface area contributed by atoms with Gasteiger partial charge in [-0.2, -0.15) is 5.26 Å². The van der Waals surface area contributed by atoms with Crippen molar-refractivity contribution in [3.63, 3.8) is 0 Å². The lowest BCUT2D eigenvalue weighted by molar-refractivity contribution is -0.145. The van der Waals surface area contributed by atoms with Crippen LogP contribution < -0.4 is 10.6 Å². The van der Waals surface area contributed by atoms with E-state index in [4.69, 9.17) is 5.26 Å². The van der Waals surface area contributed by atoms with Crippen molar-refractivity contribution in [1.29, 1.82) is 5.26 Å². The van der Waals surface area contributed by atoms with E-state index in [1.54, 1.807) is 30.3 Å². The fourth-order valence-electron chi connectivity index (χ4n) is 2.04. The second-order valence-corrected chi connectivity index (χ2v) is 5.10. The van der Waals surface area contributed by atoms with Crippen LogP contribution in [0, 0.1) is 11.3 Å². The predicted molar refractivity (Wildman–Crippen MR) is 86.8 cm³/mol. The van der Waals surface area contributed by atoms with Crippen molar-refractivity contribution in [3.05, 3.63) is 35.9 Å². The van der Waals surface area contributed by atoms with Gasteiger partial charge in [-0.1, -0.05) is 18.2 Å². The average molecular weight is 331 g/mol. The van der Waals surface area contributed by atoms with E-state index in [1.807, 2.05) is 6.07 Å². The molecule has 128 valence electrons. The van der Waals surface area contributed by atoms with Gasteiger partial charge in [0.2, 0.25) is 5.91 Å². The SMILES string of the molecule is COC(=O)[C@H](CCCCC#N)NC(=O)CNC(=O)c1ccccc1. The Bertz CT molecular complexity index is 596. The summed E-state index contributed by atoms with van der Waals surface area (Å²) in [6.45, 7) is -0.237. The second kappa shape index (κ2) is 10.8. The molecule has 0 aliphatic carbocycles. The first-order valence-corrected chi connectivity index (χ1v) is 7.66. The van der Waals surface area contributed by atoms with Crippen LogP contribution in [-0.4, -0.2) is 37.5 Å². The van der Waals surface area contributed by atoms with Crippen LogP contribution in [0.3, 0.4) is 0 Å². The van der Waals surface area contributed by atoms with Gasteiger partial charge in [0.05, 0.1) is 19.7 Å². The zero-order valence-corrected chi connectivity index (χ0v) is 13.6. The largest absolute Gasteiger partial charge is 0.467 e. The number of esters is 1. The van der Waals surface area contributed by atoms with Gasteiger partial charge in [-0.25, -0.2) is 4.79 Å². The highest BCUT2D eigenvalue weighted by Crippen LogP contribution is 2.05. The van der Waals surface area contributed by atoms with Gasteiger partial charge in [0, 0.05) is 12.0 Å². The number of rotatable bonds is 9. The lowest BCUT2D eigenvalue weighted by Gasteiger charge is -2.16. The molecule has 2 N–H and O–H groups in total. The monoisotopic (exact) mass is 331 g/mol. The third-order valence-electron chi connectivity index (χ3n) is 3.30. The van der Waals surface area contributed by atoms with Gasteiger partial charge in [0.25, 0.3) is 5.91 Å². The third-order valence-corrected chi connectivity index (χ3v) is 3.30. The second-order valence-electron chi connectivity index (χ2n) is 5.10. The molecule has 24 heavy (non-hydrogen) atoms. The van der Waals surface area contributed by atoms with Gasteiger partial charge >= 0.3 is 5.97 Å². The molecule has 7 heteroatoms. The Kier molecular flexibility index (Phi) is 8.61.